The highest BCUT2D eigenvalue weighted by Crippen LogP contribution is 2.30. The number of hydrogen-bond acceptors (Lipinski definition) is 4. The number of aryl methyl sites for hydroxylation is 1. The molecular weight excluding hydrogens is 322 g/mol. The minimum atomic E-state index is -1.08. The second-order valence-corrected chi connectivity index (χ2v) is 5.37. The molecule has 6 heteroatoms. The van der Waals surface area contributed by atoms with Crippen molar-refractivity contribution in [3.63, 3.8) is 0 Å². The van der Waals surface area contributed by atoms with E-state index in [9.17, 15) is 9.59 Å². The third kappa shape index (κ3) is 4.73. The van der Waals surface area contributed by atoms with Crippen LogP contribution in [0.3, 0.4) is 0 Å². The van der Waals surface area contributed by atoms with Gasteiger partial charge in [-0.3, -0.25) is 4.79 Å². The maximum Gasteiger partial charge on any atom is 0.335 e. The van der Waals surface area contributed by atoms with Crippen LogP contribution in [0.2, 0.25) is 0 Å². The molecular formula is C19H21NO5. The highest BCUT2D eigenvalue weighted by atomic mass is 16.5. The Morgan fingerprint density at radius 1 is 1.00 bits per heavy atom. The minimum absolute atomic E-state index is 0.0678. The number of nitrogens with one attached hydrogen (secondary N) is 1. The smallest absolute Gasteiger partial charge is 0.335 e. The van der Waals surface area contributed by atoms with E-state index < -0.39 is 11.9 Å². The van der Waals surface area contributed by atoms with Gasteiger partial charge in [0, 0.05) is 11.6 Å². The van der Waals surface area contributed by atoms with E-state index in [1.54, 1.807) is 31.2 Å². The Hall–Kier alpha value is -3.02. The summed E-state index contributed by atoms with van der Waals surface area (Å²) in [5.41, 5.74) is 1.49. The molecule has 0 heterocycles. The van der Waals surface area contributed by atoms with Gasteiger partial charge in [-0.05, 0) is 56.7 Å². The molecule has 0 saturated carbocycles. The number of carboxylic acids is 1. The SMILES string of the molecule is CCOc1ccc(OCC)c(NC(=O)c2cc(C)cc(C(=O)O)c2)c1. The first-order chi connectivity index (χ1) is 11.9. The molecule has 25 heavy (non-hydrogen) atoms. The number of hydrogen-bond donors (Lipinski definition) is 2. The Bertz CT molecular complexity index is 785. The number of carbonyl (C=O) groups is 2. The van der Waals surface area contributed by atoms with Crippen molar-refractivity contribution in [2.45, 2.75) is 20.8 Å². The van der Waals surface area contributed by atoms with E-state index >= 15 is 0 Å². The number of anilines is 1. The van der Waals surface area contributed by atoms with Gasteiger partial charge in [-0.25, -0.2) is 4.79 Å². The zero-order valence-electron chi connectivity index (χ0n) is 14.5. The largest absolute Gasteiger partial charge is 0.494 e. The lowest BCUT2D eigenvalue weighted by Gasteiger charge is -2.14. The fraction of sp³-hybridized carbons (Fsp3) is 0.263. The monoisotopic (exact) mass is 343 g/mol. The Morgan fingerprint density at radius 3 is 2.32 bits per heavy atom. The van der Waals surface area contributed by atoms with Gasteiger partial charge in [0.1, 0.15) is 11.5 Å². The van der Waals surface area contributed by atoms with Crippen molar-refractivity contribution in [1.29, 1.82) is 0 Å². The van der Waals surface area contributed by atoms with E-state index in [1.165, 1.54) is 12.1 Å². The third-order valence-corrected chi connectivity index (χ3v) is 3.40. The number of aromatic carboxylic acids is 1. The predicted octanol–water partition coefficient (Wildman–Crippen LogP) is 3.74. The van der Waals surface area contributed by atoms with Crippen molar-refractivity contribution in [2.24, 2.45) is 0 Å². The fourth-order valence-electron chi connectivity index (χ4n) is 2.38. The van der Waals surface area contributed by atoms with Crippen LogP contribution in [0.15, 0.2) is 36.4 Å². The van der Waals surface area contributed by atoms with Crippen LogP contribution in [0.1, 0.15) is 40.1 Å². The number of carbonyl (C=O) groups excluding carboxylic acids is 1. The zero-order chi connectivity index (χ0) is 18.4. The Balaban J connectivity index is 2.33. The fourth-order valence-corrected chi connectivity index (χ4v) is 2.38. The highest BCUT2D eigenvalue weighted by molar-refractivity contribution is 6.06. The van der Waals surface area contributed by atoms with Crippen molar-refractivity contribution < 1.29 is 24.2 Å². The molecule has 132 valence electrons. The van der Waals surface area contributed by atoms with Crippen molar-refractivity contribution in [3.8, 4) is 11.5 Å². The summed E-state index contributed by atoms with van der Waals surface area (Å²) in [6.07, 6.45) is 0. The predicted molar refractivity (Wildman–Crippen MR) is 94.9 cm³/mol. The second kappa shape index (κ2) is 8.19. The molecule has 0 radical (unpaired) electrons. The standard InChI is InChI=1S/C19H21NO5/c1-4-24-15-6-7-17(25-5-2)16(11-15)20-18(21)13-8-12(3)9-14(10-13)19(22)23/h6-11H,4-5H2,1-3H3,(H,20,21)(H,22,23). The molecule has 2 aromatic carbocycles. The van der Waals surface area contributed by atoms with Crippen LogP contribution in [0, 0.1) is 6.92 Å². The number of benzene rings is 2. The molecule has 6 nitrogen and oxygen atoms in total. The van der Waals surface area contributed by atoms with Gasteiger partial charge in [0.2, 0.25) is 0 Å². The van der Waals surface area contributed by atoms with E-state index in [0.29, 0.717) is 36.0 Å². The number of rotatable bonds is 7. The summed E-state index contributed by atoms with van der Waals surface area (Å²) >= 11 is 0. The van der Waals surface area contributed by atoms with E-state index in [1.807, 2.05) is 13.8 Å². The average Bonchev–Trinajstić information content (AvgIpc) is 2.57. The molecule has 0 atom stereocenters. The maximum atomic E-state index is 12.6. The first-order valence-electron chi connectivity index (χ1n) is 8.00. The van der Waals surface area contributed by atoms with Gasteiger partial charge in [0.15, 0.2) is 0 Å². The van der Waals surface area contributed by atoms with Crippen LogP contribution < -0.4 is 14.8 Å². The van der Waals surface area contributed by atoms with Gasteiger partial charge in [-0.1, -0.05) is 0 Å². The molecule has 2 aromatic rings. The summed E-state index contributed by atoms with van der Waals surface area (Å²) in [5.74, 6) is -0.367. The normalized spacial score (nSPS) is 10.2. The van der Waals surface area contributed by atoms with Crippen LogP contribution in [-0.2, 0) is 0 Å². The van der Waals surface area contributed by atoms with Crippen LogP contribution in [0.5, 0.6) is 11.5 Å². The third-order valence-electron chi connectivity index (χ3n) is 3.40. The number of amides is 1. The summed E-state index contributed by atoms with van der Waals surface area (Å²) in [7, 11) is 0. The lowest BCUT2D eigenvalue weighted by molar-refractivity contribution is 0.0696. The van der Waals surface area contributed by atoms with Crippen LogP contribution in [-0.4, -0.2) is 30.2 Å². The second-order valence-electron chi connectivity index (χ2n) is 5.37. The Morgan fingerprint density at radius 2 is 1.68 bits per heavy atom. The van der Waals surface area contributed by atoms with E-state index in [2.05, 4.69) is 5.32 Å². The van der Waals surface area contributed by atoms with E-state index in [-0.39, 0.29) is 11.1 Å². The highest BCUT2D eigenvalue weighted by Gasteiger charge is 2.14. The molecule has 0 aliphatic heterocycles. The molecule has 0 unspecified atom stereocenters. The molecule has 0 aliphatic rings. The van der Waals surface area contributed by atoms with Gasteiger partial charge < -0.3 is 19.9 Å². The van der Waals surface area contributed by atoms with Crippen LogP contribution in [0.4, 0.5) is 5.69 Å². The zero-order valence-corrected chi connectivity index (χ0v) is 14.5. The van der Waals surface area contributed by atoms with Crippen molar-refractivity contribution in [2.75, 3.05) is 18.5 Å². The Kier molecular flexibility index (Phi) is 6.00. The molecule has 2 N–H and O–H groups in total. The minimum Gasteiger partial charge on any atom is -0.494 e. The van der Waals surface area contributed by atoms with Crippen LogP contribution >= 0.6 is 0 Å². The number of carboxylic acid groups (broad SMARTS) is 1. The molecule has 0 saturated heterocycles. The van der Waals surface area contributed by atoms with Gasteiger partial charge in [-0.2, -0.15) is 0 Å². The van der Waals surface area contributed by atoms with Crippen molar-refractivity contribution in [1.82, 2.24) is 0 Å². The maximum absolute atomic E-state index is 12.6. The summed E-state index contributed by atoms with van der Waals surface area (Å²) < 4.78 is 11.0. The van der Waals surface area contributed by atoms with Crippen molar-refractivity contribution >= 4 is 17.6 Å². The molecule has 0 aromatic heterocycles. The summed E-state index contributed by atoms with van der Waals surface area (Å²) in [6.45, 7) is 6.41. The summed E-state index contributed by atoms with van der Waals surface area (Å²) in [5, 5.41) is 11.9. The summed E-state index contributed by atoms with van der Waals surface area (Å²) in [6, 6.07) is 9.66. The summed E-state index contributed by atoms with van der Waals surface area (Å²) in [4.78, 5) is 23.7. The number of ether oxygens (including phenoxy) is 2. The molecule has 2 rings (SSSR count). The lowest BCUT2D eigenvalue weighted by Crippen LogP contribution is -2.14. The molecule has 0 bridgehead atoms. The van der Waals surface area contributed by atoms with Crippen LogP contribution in [0.25, 0.3) is 0 Å². The van der Waals surface area contributed by atoms with Gasteiger partial charge in [0.05, 0.1) is 24.5 Å². The average molecular weight is 343 g/mol. The molecule has 1 amide bonds. The van der Waals surface area contributed by atoms with E-state index in [4.69, 9.17) is 14.6 Å². The topological polar surface area (TPSA) is 84.9 Å². The van der Waals surface area contributed by atoms with E-state index in [0.717, 1.165) is 0 Å². The van der Waals surface area contributed by atoms with Gasteiger partial charge in [-0.15, -0.1) is 0 Å². The first-order valence-corrected chi connectivity index (χ1v) is 8.00. The quantitative estimate of drug-likeness (QED) is 0.800. The lowest BCUT2D eigenvalue weighted by atomic mass is 10.1. The van der Waals surface area contributed by atoms with Gasteiger partial charge >= 0.3 is 5.97 Å². The Labute approximate surface area is 146 Å². The van der Waals surface area contributed by atoms with Crippen molar-refractivity contribution in [3.05, 3.63) is 53.1 Å². The molecule has 0 fully saturated rings. The molecule has 0 spiro atoms. The first kappa shape index (κ1) is 18.3. The van der Waals surface area contributed by atoms with Gasteiger partial charge in [0.25, 0.3) is 5.91 Å². The molecule has 0 aliphatic carbocycles.